The van der Waals surface area contributed by atoms with Crippen LogP contribution >= 0.6 is 0 Å². The summed E-state index contributed by atoms with van der Waals surface area (Å²) in [7, 11) is -34.0. The molecule has 0 unspecified atom stereocenters. The molecular formula is C55H58N6O22S7. The van der Waals surface area contributed by atoms with Crippen molar-refractivity contribution in [2.75, 3.05) is 36.0 Å². The molecule has 8 rings (SSSR count). The first-order chi connectivity index (χ1) is 41.4. The molecule has 2 amide bonds. The van der Waals surface area contributed by atoms with Gasteiger partial charge in [0.2, 0.25) is 21.6 Å². The van der Waals surface area contributed by atoms with Gasteiger partial charge in [0.1, 0.15) is 16.3 Å². The van der Waals surface area contributed by atoms with Gasteiger partial charge in [0.15, 0.2) is 5.71 Å². The van der Waals surface area contributed by atoms with Crippen molar-refractivity contribution in [1.29, 1.82) is 0 Å². The molecule has 5 aromatic carbocycles. The lowest BCUT2D eigenvalue weighted by Crippen LogP contribution is -2.30. The number of anilines is 1. The normalized spacial score (nSPS) is 16.1. The first-order valence-electron chi connectivity index (χ1n) is 26.6. The quantitative estimate of drug-likeness (QED) is 0.0251. The average molecular weight is 1380 g/mol. The first kappa shape index (κ1) is 68.7. The maximum absolute atomic E-state index is 13.5. The molecule has 3 heterocycles. The zero-order valence-corrected chi connectivity index (χ0v) is 53.5. The molecule has 2 aliphatic heterocycles. The minimum Gasteiger partial charge on any atom is -0.748 e. The minimum absolute atomic E-state index is 0.00441. The number of sulfonamides is 1. The van der Waals surface area contributed by atoms with Crippen LogP contribution in [0.5, 0.6) is 0 Å². The number of primary sulfonamides is 1. The van der Waals surface area contributed by atoms with Crippen LogP contribution in [0.4, 0.5) is 11.4 Å². The molecule has 28 nitrogen and oxygen atoms in total. The van der Waals surface area contributed by atoms with Gasteiger partial charge in [-0.3, -0.25) is 37.3 Å². The van der Waals surface area contributed by atoms with Crippen molar-refractivity contribution >= 4 is 127 Å². The van der Waals surface area contributed by atoms with E-state index in [1.165, 1.54) is 85.1 Å². The third-order valence-electron chi connectivity index (χ3n) is 15.0. The van der Waals surface area contributed by atoms with Gasteiger partial charge in [-0.2, -0.15) is 46.7 Å². The Morgan fingerprint density at radius 3 is 1.76 bits per heavy atom. The Morgan fingerprint density at radius 1 is 0.656 bits per heavy atom. The third kappa shape index (κ3) is 15.2. The molecule has 0 fully saturated rings. The molecule has 0 atom stereocenters. The van der Waals surface area contributed by atoms with Gasteiger partial charge in [-0.25, -0.2) is 22.0 Å². The van der Waals surface area contributed by atoms with E-state index in [1.807, 2.05) is 0 Å². The molecule has 9 N–H and O–H groups in total. The smallest absolute Gasteiger partial charge is 0.295 e. The van der Waals surface area contributed by atoms with E-state index in [1.54, 1.807) is 43.2 Å². The molecule has 1 aromatic heterocycles. The zero-order chi connectivity index (χ0) is 66.7. The number of aromatic nitrogens is 1. The predicted molar refractivity (Wildman–Crippen MR) is 327 cm³/mol. The van der Waals surface area contributed by atoms with E-state index in [-0.39, 0.29) is 117 Å². The summed E-state index contributed by atoms with van der Waals surface area (Å²) >= 11 is 0. The summed E-state index contributed by atoms with van der Waals surface area (Å²) in [6, 6.07) is 16.8. The van der Waals surface area contributed by atoms with E-state index in [2.05, 4.69) is 15.6 Å². The minimum atomic E-state index is -5.19. The number of nitrogens with two attached hydrogens (primary N) is 1. The van der Waals surface area contributed by atoms with Gasteiger partial charge in [0.25, 0.3) is 56.5 Å². The van der Waals surface area contributed by atoms with Crippen LogP contribution in [-0.2, 0) is 92.9 Å². The number of carbonyl (C=O) groups excluding carboxylic acids is 2. The van der Waals surface area contributed by atoms with Crippen LogP contribution in [0, 0.1) is 0 Å². The Balaban J connectivity index is 1.27. The van der Waals surface area contributed by atoms with Gasteiger partial charge < -0.3 is 20.1 Å². The van der Waals surface area contributed by atoms with Gasteiger partial charge in [0.05, 0.1) is 47.2 Å². The number of amides is 2. The van der Waals surface area contributed by atoms with Gasteiger partial charge in [-0.05, 0) is 115 Å². The number of pyridine rings is 1. The summed E-state index contributed by atoms with van der Waals surface area (Å²) in [5.74, 6) is -2.75. The SMILES string of the molecule is CC1(C)C(=CC=C(C=CC2=[N+](CCCS(=O)(=O)[O-])c3ccc4c(S(=O)(=O)O)cc(S(=O)(=O)O)cc4c3C2(C)C)c2ccc(C(=O)NCCC(=O)NCc3ccc(S(N)(=O)=O)cc3)cn2)N(CCCS(=O)(=O)O)c2ccc3c(S(=O)(=O)O)cc(S(=O)(=O)O)cc3c21. The molecular weight excluding hydrogens is 1320 g/mol. The Hall–Kier alpha value is -7.23. The predicted octanol–water partition coefficient (Wildman–Crippen LogP) is 4.37. The highest BCUT2D eigenvalue weighted by molar-refractivity contribution is 7.89. The topological polar surface area (TPSA) is 467 Å². The molecule has 0 saturated carbocycles. The molecule has 0 bridgehead atoms. The van der Waals surface area contributed by atoms with Crippen molar-refractivity contribution in [2.24, 2.45) is 5.14 Å². The van der Waals surface area contributed by atoms with E-state index >= 15 is 0 Å². The molecule has 0 radical (unpaired) electrons. The fraction of sp³-hybridized carbons (Fsp3) is 0.273. The van der Waals surface area contributed by atoms with Crippen LogP contribution in [0.2, 0.25) is 0 Å². The Bertz CT molecular complexity index is 4970. The third-order valence-corrected chi connectivity index (χ3v) is 21.0. The summed E-state index contributed by atoms with van der Waals surface area (Å²) in [5.41, 5.74) is -0.357. The Labute approximate surface area is 518 Å². The number of rotatable bonds is 23. The van der Waals surface area contributed by atoms with Crippen LogP contribution in [0.3, 0.4) is 0 Å². The fourth-order valence-corrected chi connectivity index (χ4v) is 15.2. The standard InChI is InChI=1S/C55H58N6O22S7/c1-54(2)48(60(23-5-25-84(64,65)66)44-17-14-39-41(51(44)54)27-37(87(72,73)74)29-46(39)89(78,79)80)19-10-34(43-16-9-35(32-58-43)53(63)57-22-21-50(62)59-31-33-7-12-36(13-8-33)86(56,70)71)11-20-49-55(3,4)52-42-28-38(88(75,76)77)30-47(90(81,82)83)40(42)15-18-45(52)61(49)24-6-26-85(67,68)69/h7-20,27-30,32H,5-6,21-26,31H2,1-4H3,(H9-,56,57,59,62,63,64,65,66,67,68,69,70,71,72,73,74,75,76,77,78,79,80,81,82,83). The number of hydrogen-bond donors (Lipinski definition) is 8. The van der Waals surface area contributed by atoms with Crippen LogP contribution in [0.1, 0.15) is 79.7 Å². The molecule has 0 aliphatic carbocycles. The highest BCUT2D eigenvalue weighted by Crippen LogP contribution is 2.52. The lowest BCUT2D eigenvalue weighted by molar-refractivity contribution is -0.437. The first-order valence-corrected chi connectivity index (χ1v) is 37.0. The van der Waals surface area contributed by atoms with E-state index < -0.39 is 124 Å². The molecule has 482 valence electrons. The molecule has 0 spiro atoms. The van der Waals surface area contributed by atoms with Crippen molar-refractivity contribution in [3.63, 3.8) is 0 Å². The number of fused-ring (bicyclic) bond motifs is 6. The fourth-order valence-electron chi connectivity index (χ4n) is 11.0. The lowest BCUT2D eigenvalue weighted by atomic mass is 9.79. The second-order valence-electron chi connectivity index (χ2n) is 22.0. The molecule has 0 saturated heterocycles. The van der Waals surface area contributed by atoms with E-state index in [0.29, 0.717) is 23.4 Å². The number of nitrogens with zero attached hydrogens (tertiary/aromatic N) is 3. The summed E-state index contributed by atoms with van der Waals surface area (Å²) in [6.07, 6.45) is 6.56. The van der Waals surface area contributed by atoms with Gasteiger partial charge in [-0.1, -0.05) is 38.1 Å². The molecule has 90 heavy (non-hydrogen) atoms. The van der Waals surface area contributed by atoms with Crippen LogP contribution in [-0.4, -0.2) is 144 Å². The maximum atomic E-state index is 13.5. The van der Waals surface area contributed by atoms with Gasteiger partial charge in [0, 0.05) is 95.3 Å². The number of allylic oxidation sites excluding steroid dienone is 6. The average Bonchev–Trinajstić information content (AvgIpc) is 1.52. The van der Waals surface area contributed by atoms with Crippen LogP contribution < -0.4 is 20.7 Å². The second kappa shape index (κ2) is 24.8. The van der Waals surface area contributed by atoms with E-state index in [0.717, 1.165) is 12.1 Å². The van der Waals surface area contributed by atoms with Crippen molar-refractivity contribution in [3.8, 4) is 0 Å². The van der Waals surface area contributed by atoms with Gasteiger partial charge in [-0.15, -0.1) is 0 Å². The highest BCUT2D eigenvalue weighted by atomic mass is 32.2. The lowest BCUT2D eigenvalue weighted by Gasteiger charge is -2.27. The summed E-state index contributed by atoms with van der Waals surface area (Å²) in [5, 5.41) is 9.90. The number of carbonyl (C=O) groups is 2. The number of benzene rings is 5. The largest absolute Gasteiger partial charge is 0.748 e. The highest BCUT2D eigenvalue weighted by Gasteiger charge is 2.47. The van der Waals surface area contributed by atoms with Gasteiger partial charge >= 0.3 is 0 Å². The molecule has 2 aliphatic rings. The Morgan fingerprint density at radius 2 is 1.23 bits per heavy atom. The van der Waals surface area contributed by atoms with Crippen LogP contribution in [0.15, 0.2) is 146 Å². The summed E-state index contributed by atoms with van der Waals surface area (Å²) in [4.78, 5) is 28.7. The second-order valence-corrected chi connectivity index (χ2v) is 32.2. The Kier molecular flexibility index (Phi) is 18.9. The summed E-state index contributed by atoms with van der Waals surface area (Å²) < 4.78 is 238. The van der Waals surface area contributed by atoms with Crippen molar-refractivity contribution in [1.82, 2.24) is 15.6 Å². The molecule has 6 aromatic rings. The van der Waals surface area contributed by atoms with Crippen molar-refractivity contribution in [2.45, 2.75) is 88.8 Å². The van der Waals surface area contributed by atoms with Crippen molar-refractivity contribution < 1.29 is 100 Å². The van der Waals surface area contributed by atoms with E-state index in [4.69, 9.17) is 5.14 Å². The number of nitrogens with one attached hydrogen (secondary N) is 2. The maximum Gasteiger partial charge on any atom is 0.295 e. The van der Waals surface area contributed by atoms with Crippen LogP contribution in [0.25, 0.3) is 27.1 Å². The monoisotopic (exact) mass is 1380 g/mol. The molecule has 35 heteroatoms. The zero-order valence-electron chi connectivity index (χ0n) is 47.8. The summed E-state index contributed by atoms with van der Waals surface area (Å²) in [6.45, 7) is 6.02. The number of hydrogen-bond acceptors (Lipinski definition) is 19. The van der Waals surface area contributed by atoms with Crippen molar-refractivity contribution in [3.05, 3.63) is 149 Å². The van der Waals surface area contributed by atoms with E-state index in [9.17, 15) is 95.8 Å².